The molecule has 1 unspecified atom stereocenters. The molecular formula is C17H20O5S. The molecule has 0 aliphatic rings. The number of aliphatic hydroxyl groups is 1. The number of aliphatic hydroxyl groups excluding tert-OH is 1. The third-order valence-electron chi connectivity index (χ3n) is 3.06. The standard InChI is InChI=1S/C17H20O5S/c1-3-17(18)21-15-9-13(2)10-16(11-15)22-23(19,20)12-14-7-5-4-6-8-14/h4-11,17-18H,3,12H2,1-2H3. The van der Waals surface area contributed by atoms with Crippen molar-refractivity contribution < 1.29 is 22.4 Å². The summed E-state index contributed by atoms with van der Waals surface area (Å²) in [6, 6.07) is 13.6. The van der Waals surface area contributed by atoms with Gasteiger partial charge in [0.05, 0.1) is 0 Å². The van der Waals surface area contributed by atoms with Crippen molar-refractivity contribution in [3.8, 4) is 11.5 Å². The Hall–Kier alpha value is -2.05. The smallest absolute Gasteiger partial charge is 0.313 e. The lowest BCUT2D eigenvalue weighted by Crippen LogP contribution is -2.14. The summed E-state index contributed by atoms with van der Waals surface area (Å²) in [6.07, 6.45) is -0.512. The van der Waals surface area contributed by atoms with E-state index in [0.717, 1.165) is 5.56 Å². The van der Waals surface area contributed by atoms with Gasteiger partial charge in [-0.3, -0.25) is 0 Å². The number of hydrogen-bond donors (Lipinski definition) is 1. The van der Waals surface area contributed by atoms with Crippen LogP contribution in [0, 0.1) is 6.92 Å². The predicted molar refractivity (Wildman–Crippen MR) is 87.8 cm³/mol. The molecular weight excluding hydrogens is 316 g/mol. The van der Waals surface area contributed by atoms with E-state index in [1.165, 1.54) is 6.07 Å². The summed E-state index contributed by atoms with van der Waals surface area (Å²) in [5.74, 6) is 0.318. The minimum absolute atomic E-state index is 0.166. The van der Waals surface area contributed by atoms with Crippen molar-refractivity contribution in [3.05, 3.63) is 59.7 Å². The van der Waals surface area contributed by atoms with Crippen LogP contribution in [-0.2, 0) is 15.9 Å². The zero-order chi connectivity index (χ0) is 16.9. The Morgan fingerprint density at radius 3 is 2.39 bits per heavy atom. The summed E-state index contributed by atoms with van der Waals surface area (Å²) in [5, 5.41) is 9.54. The second-order valence-corrected chi connectivity index (χ2v) is 6.80. The average Bonchev–Trinajstić information content (AvgIpc) is 2.46. The number of benzene rings is 2. The molecule has 2 aromatic rings. The molecule has 5 nitrogen and oxygen atoms in total. The van der Waals surface area contributed by atoms with Crippen LogP contribution in [0.25, 0.3) is 0 Å². The molecule has 6 heteroatoms. The molecule has 0 aliphatic carbocycles. The van der Waals surface area contributed by atoms with Gasteiger partial charge in [-0.25, -0.2) is 0 Å². The molecule has 0 fully saturated rings. The quantitative estimate of drug-likeness (QED) is 0.621. The Labute approximate surface area is 136 Å². The van der Waals surface area contributed by atoms with E-state index in [-0.39, 0.29) is 11.5 Å². The lowest BCUT2D eigenvalue weighted by atomic mass is 10.2. The second-order valence-electron chi connectivity index (χ2n) is 5.23. The largest absolute Gasteiger partial charge is 0.465 e. The molecule has 0 heterocycles. The van der Waals surface area contributed by atoms with Gasteiger partial charge in [0.1, 0.15) is 17.3 Å². The van der Waals surface area contributed by atoms with Crippen LogP contribution in [0.5, 0.6) is 11.5 Å². The van der Waals surface area contributed by atoms with E-state index in [1.807, 2.05) is 6.07 Å². The molecule has 2 rings (SSSR count). The number of ether oxygens (including phenoxy) is 1. The average molecular weight is 336 g/mol. The fourth-order valence-electron chi connectivity index (χ4n) is 2.02. The second kappa shape index (κ2) is 7.48. The van der Waals surface area contributed by atoms with Gasteiger partial charge >= 0.3 is 10.1 Å². The first-order valence-electron chi connectivity index (χ1n) is 7.30. The SMILES string of the molecule is CCC(O)Oc1cc(C)cc(OS(=O)(=O)Cc2ccccc2)c1. The van der Waals surface area contributed by atoms with Crippen LogP contribution in [0.1, 0.15) is 24.5 Å². The Morgan fingerprint density at radius 2 is 1.74 bits per heavy atom. The highest BCUT2D eigenvalue weighted by atomic mass is 32.2. The predicted octanol–water partition coefficient (Wildman–Crippen LogP) is 3.01. The van der Waals surface area contributed by atoms with Gasteiger partial charge in [-0.1, -0.05) is 37.3 Å². The van der Waals surface area contributed by atoms with E-state index in [4.69, 9.17) is 8.92 Å². The zero-order valence-corrected chi connectivity index (χ0v) is 13.9. The van der Waals surface area contributed by atoms with Gasteiger partial charge in [-0.2, -0.15) is 8.42 Å². The fourth-order valence-corrected chi connectivity index (χ4v) is 3.07. The van der Waals surface area contributed by atoms with Crippen molar-refractivity contribution in [3.63, 3.8) is 0 Å². The zero-order valence-electron chi connectivity index (χ0n) is 13.1. The van der Waals surface area contributed by atoms with Crippen LogP contribution >= 0.6 is 0 Å². The number of hydrogen-bond acceptors (Lipinski definition) is 5. The summed E-state index contributed by atoms with van der Waals surface area (Å²) in [6.45, 7) is 3.57. The number of aryl methyl sites for hydroxylation is 1. The van der Waals surface area contributed by atoms with Crippen LogP contribution in [-0.4, -0.2) is 19.8 Å². The highest BCUT2D eigenvalue weighted by Crippen LogP contribution is 2.25. The molecule has 2 aromatic carbocycles. The van der Waals surface area contributed by atoms with Crippen molar-refractivity contribution in [1.82, 2.24) is 0 Å². The molecule has 1 atom stereocenters. The lowest BCUT2D eigenvalue weighted by molar-refractivity contribution is -0.0192. The first kappa shape index (κ1) is 17.3. The Balaban J connectivity index is 2.15. The maximum absolute atomic E-state index is 12.2. The number of rotatable bonds is 7. The Bertz CT molecular complexity index is 741. The molecule has 1 N–H and O–H groups in total. The van der Waals surface area contributed by atoms with Crippen molar-refractivity contribution in [2.45, 2.75) is 32.3 Å². The van der Waals surface area contributed by atoms with Crippen molar-refractivity contribution in [2.75, 3.05) is 0 Å². The first-order chi connectivity index (χ1) is 10.9. The van der Waals surface area contributed by atoms with Crippen LogP contribution in [0.4, 0.5) is 0 Å². The molecule has 23 heavy (non-hydrogen) atoms. The summed E-state index contributed by atoms with van der Waals surface area (Å²) in [7, 11) is -3.77. The van der Waals surface area contributed by atoms with Gasteiger partial charge in [0.15, 0.2) is 6.29 Å². The molecule has 0 saturated heterocycles. The molecule has 0 amide bonds. The summed E-state index contributed by atoms with van der Waals surface area (Å²) >= 11 is 0. The Morgan fingerprint density at radius 1 is 1.09 bits per heavy atom. The van der Waals surface area contributed by atoms with Crippen molar-refractivity contribution in [1.29, 1.82) is 0 Å². The lowest BCUT2D eigenvalue weighted by Gasteiger charge is -2.14. The summed E-state index contributed by atoms with van der Waals surface area (Å²) in [4.78, 5) is 0. The van der Waals surface area contributed by atoms with E-state index in [1.54, 1.807) is 50.2 Å². The third kappa shape index (κ3) is 5.58. The van der Waals surface area contributed by atoms with E-state index >= 15 is 0 Å². The van der Waals surface area contributed by atoms with Gasteiger partial charge in [0, 0.05) is 12.5 Å². The van der Waals surface area contributed by atoms with E-state index in [9.17, 15) is 13.5 Å². The van der Waals surface area contributed by atoms with Gasteiger partial charge < -0.3 is 14.0 Å². The first-order valence-corrected chi connectivity index (χ1v) is 8.88. The van der Waals surface area contributed by atoms with Gasteiger partial charge in [0.25, 0.3) is 0 Å². The highest BCUT2D eigenvalue weighted by Gasteiger charge is 2.15. The molecule has 0 bridgehead atoms. The highest BCUT2D eigenvalue weighted by molar-refractivity contribution is 7.86. The normalized spacial score (nSPS) is 12.7. The van der Waals surface area contributed by atoms with E-state index < -0.39 is 16.4 Å². The fraction of sp³-hybridized carbons (Fsp3) is 0.294. The van der Waals surface area contributed by atoms with Crippen LogP contribution in [0.15, 0.2) is 48.5 Å². The van der Waals surface area contributed by atoms with Crippen molar-refractivity contribution in [2.24, 2.45) is 0 Å². The monoisotopic (exact) mass is 336 g/mol. The van der Waals surface area contributed by atoms with E-state index in [2.05, 4.69) is 0 Å². The topological polar surface area (TPSA) is 72.8 Å². The third-order valence-corrected chi connectivity index (χ3v) is 4.19. The van der Waals surface area contributed by atoms with Crippen LogP contribution in [0.3, 0.4) is 0 Å². The molecule has 0 aromatic heterocycles. The molecule has 0 spiro atoms. The van der Waals surface area contributed by atoms with Crippen molar-refractivity contribution >= 4 is 10.1 Å². The minimum atomic E-state index is -3.77. The van der Waals surface area contributed by atoms with E-state index in [0.29, 0.717) is 17.7 Å². The minimum Gasteiger partial charge on any atom is -0.465 e. The molecule has 0 aliphatic heterocycles. The van der Waals surface area contributed by atoms with Gasteiger partial charge in [-0.15, -0.1) is 0 Å². The maximum Gasteiger partial charge on any atom is 0.313 e. The molecule has 0 radical (unpaired) electrons. The molecule has 0 saturated carbocycles. The summed E-state index contributed by atoms with van der Waals surface area (Å²) in [5.41, 5.74) is 1.42. The summed E-state index contributed by atoms with van der Waals surface area (Å²) < 4.78 is 34.8. The van der Waals surface area contributed by atoms with Crippen LogP contribution in [0.2, 0.25) is 0 Å². The Kier molecular flexibility index (Phi) is 5.63. The maximum atomic E-state index is 12.2. The van der Waals surface area contributed by atoms with Crippen LogP contribution < -0.4 is 8.92 Å². The van der Waals surface area contributed by atoms with Gasteiger partial charge in [-0.05, 0) is 30.2 Å². The van der Waals surface area contributed by atoms with Gasteiger partial charge in [0.2, 0.25) is 0 Å². The molecule has 124 valence electrons.